The maximum atomic E-state index is 6.33. The first-order valence-electron chi connectivity index (χ1n) is 6.09. The smallest absolute Gasteiger partial charge is 0.172 e. The zero-order valence-electron chi connectivity index (χ0n) is 10.9. The highest BCUT2D eigenvalue weighted by Crippen LogP contribution is 2.37. The van der Waals surface area contributed by atoms with Crippen molar-refractivity contribution in [3.05, 3.63) is 56.6 Å². The molecule has 0 fully saturated rings. The van der Waals surface area contributed by atoms with Gasteiger partial charge in [-0.15, -0.1) is 11.3 Å². The van der Waals surface area contributed by atoms with E-state index in [1.807, 2.05) is 36.6 Å². The van der Waals surface area contributed by atoms with Crippen LogP contribution in [0.25, 0.3) is 21.8 Å². The molecule has 21 heavy (non-hydrogen) atoms. The van der Waals surface area contributed by atoms with Crippen molar-refractivity contribution in [3.63, 3.8) is 0 Å². The summed E-state index contributed by atoms with van der Waals surface area (Å²) in [6.45, 7) is 1.99. The van der Waals surface area contributed by atoms with Crippen molar-refractivity contribution < 1.29 is 0 Å². The van der Waals surface area contributed by atoms with E-state index < -0.39 is 0 Å². The number of rotatable bonds is 2. The van der Waals surface area contributed by atoms with Gasteiger partial charge in [0.25, 0.3) is 0 Å². The van der Waals surface area contributed by atoms with Gasteiger partial charge in [0.05, 0.1) is 15.5 Å². The first-order valence-corrected chi connectivity index (χ1v) is 8.11. The first kappa shape index (κ1) is 14.8. The second-order valence-electron chi connectivity index (χ2n) is 4.45. The van der Waals surface area contributed by atoms with Gasteiger partial charge in [0.2, 0.25) is 0 Å². The van der Waals surface area contributed by atoms with Gasteiger partial charge in [-0.25, -0.2) is 9.97 Å². The molecule has 106 valence electrons. The van der Waals surface area contributed by atoms with Crippen LogP contribution in [0.4, 0.5) is 0 Å². The summed E-state index contributed by atoms with van der Waals surface area (Å²) in [5.74, 6) is 0.485. The van der Waals surface area contributed by atoms with Crippen LogP contribution in [0.2, 0.25) is 15.3 Å². The van der Waals surface area contributed by atoms with Gasteiger partial charge in [0, 0.05) is 5.38 Å². The third-order valence-electron chi connectivity index (χ3n) is 3.02. The molecule has 0 atom stereocenters. The average Bonchev–Trinajstić information content (AvgIpc) is 2.87. The summed E-state index contributed by atoms with van der Waals surface area (Å²) in [7, 11) is 0. The molecule has 0 N–H and O–H groups in total. The Morgan fingerprint density at radius 2 is 1.67 bits per heavy atom. The Hall–Kier alpha value is -1.13. The molecule has 3 aromatic rings. The van der Waals surface area contributed by atoms with Gasteiger partial charge >= 0.3 is 0 Å². The molecule has 3 rings (SSSR count). The quantitative estimate of drug-likeness (QED) is 0.516. The molecule has 0 bridgehead atoms. The number of thiophene rings is 1. The lowest BCUT2D eigenvalue weighted by molar-refractivity contribution is 1.19. The Morgan fingerprint density at radius 3 is 2.24 bits per heavy atom. The van der Waals surface area contributed by atoms with Crippen LogP contribution in [0, 0.1) is 6.92 Å². The summed E-state index contributed by atoms with van der Waals surface area (Å²) < 4.78 is 0. The SMILES string of the molecule is Cc1ccccc1-c1c(Cl)nc(-c2cc(Cl)cs2)nc1Cl. The Balaban J connectivity index is 2.15. The normalized spacial score (nSPS) is 10.9. The number of hydrogen-bond donors (Lipinski definition) is 0. The molecular formula is C15H9Cl3N2S. The molecular weight excluding hydrogens is 347 g/mol. The molecule has 0 saturated carbocycles. The van der Waals surface area contributed by atoms with Gasteiger partial charge < -0.3 is 0 Å². The van der Waals surface area contributed by atoms with Crippen LogP contribution in [-0.2, 0) is 0 Å². The van der Waals surface area contributed by atoms with Crippen LogP contribution in [0.5, 0.6) is 0 Å². The van der Waals surface area contributed by atoms with E-state index in [2.05, 4.69) is 9.97 Å². The van der Waals surface area contributed by atoms with Crippen molar-refractivity contribution in [3.8, 4) is 21.8 Å². The Bertz CT molecular complexity index is 791. The highest BCUT2D eigenvalue weighted by Gasteiger charge is 2.16. The summed E-state index contributed by atoms with van der Waals surface area (Å²) in [4.78, 5) is 9.55. The summed E-state index contributed by atoms with van der Waals surface area (Å²) in [5, 5.41) is 3.14. The molecule has 0 saturated heterocycles. The molecule has 2 heterocycles. The van der Waals surface area contributed by atoms with Crippen LogP contribution in [0.15, 0.2) is 35.7 Å². The van der Waals surface area contributed by atoms with Crippen molar-refractivity contribution >= 4 is 46.1 Å². The molecule has 6 heteroatoms. The minimum Gasteiger partial charge on any atom is -0.215 e. The average molecular weight is 356 g/mol. The molecule has 0 radical (unpaired) electrons. The lowest BCUT2D eigenvalue weighted by atomic mass is 10.0. The van der Waals surface area contributed by atoms with Crippen molar-refractivity contribution in [1.29, 1.82) is 0 Å². The van der Waals surface area contributed by atoms with E-state index in [9.17, 15) is 0 Å². The molecule has 0 aliphatic heterocycles. The van der Waals surface area contributed by atoms with Crippen molar-refractivity contribution in [1.82, 2.24) is 9.97 Å². The van der Waals surface area contributed by atoms with Gasteiger partial charge in [-0.05, 0) is 24.1 Å². The molecule has 0 spiro atoms. The zero-order chi connectivity index (χ0) is 15.0. The summed E-state index contributed by atoms with van der Waals surface area (Å²) >= 11 is 20.0. The summed E-state index contributed by atoms with van der Waals surface area (Å²) in [5.41, 5.74) is 2.66. The lowest BCUT2D eigenvalue weighted by Crippen LogP contribution is -1.94. The van der Waals surface area contributed by atoms with Crippen molar-refractivity contribution in [2.24, 2.45) is 0 Å². The largest absolute Gasteiger partial charge is 0.215 e. The summed E-state index contributed by atoms with van der Waals surface area (Å²) in [6.07, 6.45) is 0. The Morgan fingerprint density at radius 1 is 1.00 bits per heavy atom. The lowest BCUT2D eigenvalue weighted by Gasteiger charge is -2.10. The van der Waals surface area contributed by atoms with Crippen molar-refractivity contribution in [2.45, 2.75) is 6.92 Å². The topological polar surface area (TPSA) is 25.8 Å². The predicted molar refractivity (Wildman–Crippen MR) is 90.5 cm³/mol. The fourth-order valence-electron chi connectivity index (χ4n) is 2.02. The van der Waals surface area contributed by atoms with Gasteiger partial charge in [0.1, 0.15) is 10.3 Å². The van der Waals surface area contributed by atoms with Gasteiger partial charge in [-0.2, -0.15) is 0 Å². The maximum Gasteiger partial charge on any atom is 0.172 e. The number of halogens is 3. The van der Waals surface area contributed by atoms with E-state index in [0.29, 0.717) is 26.7 Å². The van der Waals surface area contributed by atoms with Gasteiger partial charge in [-0.3, -0.25) is 0 Å². The number of aryl methyl sites for hydroxylation is 1. The first-order chi connectivity index (χ1) is 10.1. The molecule has 0 aliphatic rings. The van der Waals surface area contributed by atoms with Crippen LogP contribution in [0.1, 0.15) is 5.56 Å². The van der Waals surface area contributed by atoms with Crippen LogP contribution < -0.4 is 0 Å². The van der Waals surface area contributed by atoms with Crippen LogP contribution in [-0.4, -0.2) is 9.97 Å². The van der Waals surface area contributed by atoms with E-state index in [1.165, 1.54) is 11.3 Å². The minimum atomic E-state index is 0.337. The minimum absolute atomic E-state index is 0.337. The second-order valence-corrected chi connectivity index (χ2v) is 6.51. The summed E-state index contributed by atoms with van der Waals surface area (Å²) in [6, 6.07) is 9.63. The van der Waals surface area contributed by atoms with E-state index in [1.54, 1.807) is 6.07 Å². The van der Waals surface area contributed by atoms with E-state index in [4.69, 9.17) is 34.8 Å². The van der Waals surface area contributed by atoms with E-state index in [-0.39, 0.29) is 0 Å². The zero-order valence-corrected chi connectivity index (χ0v) is 14.0. The molecule has 0 amide bonds. The van der Waals surface area contributed by atoms with E-state index >= 15 is 0 Å². The van der Waals surface area contributed by atoms with Crippen LogP contribution in [0.3, 0.4) is 0 Å². The standard InChI is InChI=1S/C15H9Cl3N2S/c1-8-4-2-3-5-10(8)12-13(17)19-15(20-14(12)18)11-6-9(16)7-21-11/h2-7H,1H3. The van der Waals surface area contributed by atoms with E-state index in [0.717, 1.165) is 16.0 Å². The van der Waals surface area contributed by atoms with Gasteiger partial charge in [-0.1, -0.05) is 59.1 Å². The molecule has 0 unspecified atom stereocenters. The highest BCUT2D eigenvalue weighted by molar-refractivity contribution is 7.14. The molecule has 0 aliphatic carbocycles. The number of hydrogen-bond acceptors (Lipinski definition) is 3. The predicted octanol–water partition coefficient (Wildman–Crippen LogP) is 6.14. The fourth-order valence-corrected chi connectivity index (χ4v) is 3.62. The Labute approximate surface area is 141 Å². The van der Waals surface area contributed by atoms with Crippen molar-refractivity contribution in [2.75, 3.05) is 0 Å². The number of nitrogens with zero attached hydrogens (tertiary/aromatic N) is 2. The molecule has 1 aromatic carbocycles. The third kappa shape index (κ3) is 2.92. The monoisotopic (exact) mass is 354 g/mol. The maximum absolute atomic E-state index is 6.33. The fraction of sp³-hybridized carbons (Fsp3) is 0.0667. The molecule has 2 aromatic heterocycles. The molecule has 2 nitrogen and oxygen atoms in total. The number of aromatic nitrogens is 2. The van der Waals surface area contributed by atoms with Gasteiger partial charge in [0.15, 0.2) is 5.82 Å². The number of benzene rings is 1. The highest BCUT2D eigenvalue weighted by atomic mass is 35.5. The second kappa shape index (κ2) is 5.93. The third-order valence-corrected chi connectivity index (χ3v) is 4.84. The Kier molecular flexibility index (Phi) is 4.18. The van der Waals surface area contributed by atoms with Crippen LogP contribution >= 0.6 is 46.1 Å².